The zero-order valence-corrected chi connectivity index (χ0v) is 12.0. The first kappa shape index (κ1) is 13.0. The Balaban J connectivity index is 1.78. The van der Waals surface area contributed by atoms with Gasteiger partial charge in [-0.05, 0) is 37.9 Å². The van der Waals surface area contributed by atoms with Crippen molar-refractivity contribution >= 4 is 18.5 Å². The van der Waals surface area contributed by atoms with Gasteiger partial charge in [-0.2, -0.15) is 0 Å². The maximum Gasteiger partial charge on any atom is 0.255 e. The molecule has 0 saturated carbocycles. The highest BCUT2D eigenvalue weighted by atomic mass is 32.1. The lowest BCUT2D eigenvalue weighted by Crippen LogP contribution is -2.39. The standard InChI is InChI=1S/C15H20N2OS/c18-15(13-6-1-2-7-14(13)19)17-10-4-9-16-8-3-5-12(16)11-17/h1-2,6-7,12,19H,3-5,8-11H2. The van der Waals surface area contributed by atoms with Gasteiger partial charge in [-0.3, -0.25) is 9.69 Å². The molecule has 2 aliphatic rings. The van der Waals surface area contributed by atoms with E-state index >= 15 is 0 Å². The normalized spacial score (nSPS) is 24.1. The van der Waals surface area contributed by atoms with Crippen LogP contribution < -0.4 is 0 Å². The summed E-state index contributed by atoms with van der Waals surface area (Å²) < 4.78 is 0. The average molecular weight is 276 g/mol. The summed E-state index contributed by atoms with van der Waals surface area (Å²) >= 11 is 4.40. The van der Waals surface area contributed by atoms with Crippen LogP contribution in [0.25, 0.3) is 0 Å². The van der Waals surface area contributed by atoms with E-state index in [1.54, 1.807) is 0 Å². The first-order valence-corrected chi connectivity index (χ1v) is 7.52. The van der Waals surface area contributed by atoms with E-state index in [0.717, 1.165) is 36.5 Å². The molecule has 102 valence electrons. The van der Waals surface area contributed by atoms with Crippen LogP contribution in [0, 0.1) is 0 Å². The van der Waals surface area contributed by atoms with Gasteiger partial charge in [0.25, 0.3) is 5.91 Å². The first-order valence-electron chi connectivity index (χ1n) is 7.07. The molecular weight excluding hydrogens is 256 g/mol. The van der Waals surface area contributed by atoms with Gasteiger partial charge in [0.15, 0.2) is 0 Å². The van der Waals surface area contributed by atoms with Crippen LogP contribution in [-0.4, -0.2) is 47.9 Å². The molecule has 0 N–H and O–H groups in total. The van der Waals surface area contributed by atoms with Crippen molar-refractivity contribution in [3.05, 3.63) is 29.8 Å². The van der Waals surface area contributed by atoms with Crippen LogP contribution in [0.2, 0.25) is 0 Å². The molecule has 3 nitrogen and oxygen atoms in total. The van der Waals surface area contributed by atoms with Crippen molar-refractivity contribution in [2.75, 3.05) is 26.2 Å². The van der Waals surface area contributed by atoms with Gasteiger partial charge in [-0.1, -0.05) is 12.1 Å². The maximum absolute atomic E-state index is 12.6. The monoisotopic (exact) mass is 276 g/mol. The summed E-state index contributed by atoms with van der Waals surface area (Å²) in [6, 6.07) is 8.16. The highest BCUT2D eigenvalue weighted by Gasteiger charge is 2.31. The fourth-order valence-electron chi connectivity index (χ4n) is 3.22. The second-order valence-corrected chi connectivity index (χ2v) is 5.94. The van der Waals surface area contributed by atoms with E-state index in [9.17, 15) is 4.79 Å². The Morgan fingerprint density at radius 1 is 1.16 bits per heavy atom. The molecule has 1 aromatic rings. The number of hydrogen-bond donors (Lipinski definition) is 1. The molecule has 0 aliphatic carbocycles. The first-order chi connectivity index (χ1) is 9.25. The molecule has 1 unspecified atom stereocenters. The van der Waals surface area contributed by atoms with Crippen LogP contribution >= 0.6 is 12.6 Å². The van der Waals surface area contributed by atoms with E-state index in [1.165, 1.54) is 19.4 Å². The van der Waals surface area contributed by atoms with Crippen LogP contribution in [0.1, 0.15) is 29.6 Å². The molecule has 1 atom stereocenters. The Labute approximate surface area is 120 Å². The molecule has 1 aromatic carbocycles. The summed E-state index contributed by atoms with van der Waals surface area (Å²) in [5.41, 5.74) is 0.734. The van der Waals surface area contributed by atoms with Gasteiger partial charge in [0.2, 0.25) is 0 Å². The van der Waals surface area contributed by atoms with Crippen molar-refractivity contribution in [3.63, 3.8) is 0 Å². The minimum atomic E-state index is 0.138. The number of rotatable bonds is 1. The number of carbonyl (C=O) groups excluding carboxylic acids is 1. The van der Waals surface area contributed by atoms with Gasteiger partial charge in [-0.15, -0.1) is 12.6 Å². The second-order valence-electron chi connectivity index (χ2n) is 5.45. The van der Waals surface area contributed by atoms with Gasteiger partial charge in [0.1, 0.15) is 0 Å². The second kappa shape index (κ2) is 5.55. The summed E-state index contributed by atoms with van der Waals surface area (Å²) in [4.78, 5) is 18.0. The van der Waals surface area contributed by atoms with E-state index in [0.29, 0.717) is 6.04 Å². The molecule has 2 fully saturated rings. The predicted octanol–water partition coefficient (Wildman–Crippen LogP) is 2.29. The molecule has 2 aliphatic heterocycles. The predicted molar refractivity (Wildman–Crippen MR) is 78.8 cm³/mol. The topological polar surface area (TPSA) is 23.6 Å². The third-order valence-corrected chi connectivity index (χ3v) is 4.62. The molecule has 0 radical (unpaired) electrons. The van der Waals surface area contributed by atoms with Crippen LogP contribution in [0.15, 0.2) is 29.2 Å². The molecular formula is C15H20N2OS. The molecule has 0 bridgehead atoms. The van der Waals surface area contributed by atoms with Crippen molar-refractivity contribution < 1.29 is 4.79 Å². The van der Waals surface area contributed by atoms with Crippen molar-refractivity contribution in [2.45, 2.75) is 30.2 Å². The number of fused-ring (bicyclic) bond motifs is 1. The zero-order valence-electron chi connectivity index (χ0n) is 11.1. The summed E-state index contributed by atoms with van der Waals surface area (Å²) in [6.07, 6.45) is 3.58. The van der Waals surface area contributed by atoms with E-state index < -0.39 is 0 Å². The summed E-state index contributed by atoms with van der Waals surface area (Å²) in [6.45, 7) is 4.09. The number of thiol groups is 1. The Bertz CT molecular complexity index is 477. The quantitative estimate of drug-likeness (QED) is 0.796. The van der Waals surface area contributed by atoms with Gasteiger partial charge in [-0.25, -0.2) is 0 Å². The number of benzene rings is 1. The van der Waals surface area contributed by atoms with Crippen molar-refractivity contribution in [2.24, 2.45) is 0 Å². The molecule has 2 heterocycles. The Kier molecular flexibility index (Phi) is 3.80. The summed E-state index contributed by atoms with van der Waals surface area (Å²) in [7, 11) is 0. The van der Waals surface area contributed by atoms with Crippen LogP contribution in [0.4, 0.5) is 0 Å². The van der Waals surface area contributed by atoms with Gasteiger partial charge in [0, 0.05) is 30.6 Å². The van der Waals surface area contributed by atoms with Crippen LogP contribution in [0.5, 0.6) is 0 Å². The molecule has 1 amide bonds. The fourth-order valence-corrected chi connectivity index (χ4v) is 3.47. The Morgan fingerprint density at radius 2 is 1.95 bits per heavy atom. The fraction of sp³-hybridized carbons (Fsp3) is 0.533. The summed E-state index contributed by atoms with van der Waals surface area (Å²) in [5, 5.41) is 0. The lowest BCUT2D eigenvalue weighted by atomic mass is 10.1. The smallest absolute Gasteiger partial charge is 0.255 e. The highest BCUT2D eigenvalue weighted by Crippen LogP contribution is 2.23. The molecule has 3 rings (SSSR count). The third-order valence-electron chi connectivity index (χ3n) is 4.23. The van der Waals surface area contributed by atoms with E-state index in [-0.39, 0.29) is 5.91 Å². The van der Waals surface area contributed by atoms with Crippen molar-refractivity contribution in [1.82, 2.24) is 9.80 Å². The van der Waals surface area contributed by atoms with E-state index in [2.05, 4.69) is 17.5 Å². The maximum atomic E-state index is 12.6. The minimum absolute atomic E-state index is 0.138. The van der Waals surface area contributed by atoms with E-state index in [4.69, 9.17) is 0 Å². The molecule has 0 spiro atoms. The highest BCUT2D eigenvalue weighted by molar-refractivity contribution is 7.80. The number of nitrogens with zero attached hydrogens (tertiary/aromatic N) is 2. The number of hydrogen-bond acceptors (Lipinski definition) is 3. The summed E-state index contributed by atoms with van der Waals surface area (Å²) in [5.74, 6) is 0.138. The zero-order chi connectivity index (χ0) is 13.2. The molecule has 19 heavy (non-hydrogen) atoms. The molecule has 0 aromatic heterocycles. The third kappa shape index (κ3) is 2.65. The van der Waals surface area contributed by atoms with E-state index in [1.807, 2.05) is 29.2 Å². The van der Waals surface area contributed by atoms with Crippen LogP contribution in [0.3, 0.4) is 0 Å². The SMILES string of the molecule is O=C(c1ccccc1S)N1CCCN2CCCC2C1. The largest absolute Gasteiger partial charge is 0.337 e. The van der Waals surface area contributed by atoms with Gasteiger partial charge in [0.05, 0.1) is 5.56 Å². The van der Waals surface area contributed by atoms with Crippen LogP contribution in [-0.2, 0) is 0 Å². The van der Waals surface area contributed by atoms with Crippen molar-refractivity contribution in [1.29, 1.82) is 0 Å². The number of carbonyl (C=O) groups is 1. The van der Waals surface area contributed by atoms with Gasteiger partial charge < -0.3 is 4.90 Å². The average Bonchev–Trinajstić information content (AvgIpc) is 2.76. The minimum Gasteiger partial charge on any atom is -0.337 e. The molecule has 2 saturated heterocycles. The lowest BCUT2D eigenvalue weighted by Gasteiger charge is -2.26. The Morgan fingerprint density at radius 3 is 2.79 bits per heavy atom. The van der Waals surface area contributed by atoms with Gasteiger partial charge >= 0.3 is 0 Å². The lowest BCUT2D eigenvalue weighted by molar-refractivity contribution is 0.0740. The molecule has 4 heteroatoms. The van der Waals surface area contributed by atoms with Crippen molar-refractivity contribution in [3.8, 4) is 0 Å². The Hall–Kier alpha value is -1.00. The number of amides is 1.